The molecule has 0 saturated heterocycles. The van der Waals surface area contributed by atoms with Gasteiger partial charge in [0.2, 0.25) is 15.9 Å². The van der Waals surface area contributed by atoms with Gasteiger partial charge in [0.05, 0.1) is 24.7 Å². The third-order valence-corrected chi connectivity index (χ3v) is 5.30. The van der Waals surface area contributed by atoms with Crippen LogP contribution in [0.5, 0.6) is 5.75 Å². The Kier molecular flexibility index (Phi) is 8.17. The van der Waals surface area contributed by atoms with Crippen molar-refractivity contribution in [3.8, 4) is 5.75 Å². The van der Waals surface area contributed by atoms with Crippen molar-refractivity contribution in [2.45, 2.75) is 25.7 Å². The van der Waals surface area contributed by atoms with E-state index in [0.29, 0.717) is 25.5 Å². The second-order valence-corrected chi connectivity index (χ2v) is 7.07. The minimum absolute atomic E-state index is 0.148. The highest BCUT2D eigenvalue weighted by molar-refractivity contribution is 7.89. The van der Waals surface area contributed by atoms with Crippen molar-refractivity contribution in [3.05, 3.63) is 23.8 Å². The number of benzene rings is 1. The van der Waals surface area contributed by atoms with Crippen LogP contribution >= 0.6 is 0 Å². The minimum atomic E-state index is -3.75. The van der Waals surface area contributed by atoms with Gasteiger partial charge < -0.3 is 14.8 Å². The Bertz CT molecular complexity index is 646. The van der Waals surface area contributed by atoms with Crippen LogP contribution in [0.3, 0.4) is 0 Å². The first-order chi connectivity index (χ1) is 11.4. The zero-order valence-electron chi connectivity index (χ0n) is 14.7. The molecule has 0 aliphatic heterocycles. The van der Waals surface area contributed by atoms with E-state index < -0.39 is 10.0 Å². The number of aryl methyl sites for hydroxylation is 1. The smallest absolute Gasteiger partial charge is 0.243 e. The highest BCUT2D eigenvalue weighted by Gasteiger charge is 2.25. The van der Waals surface area contributed by atoms with Crippen molar-refractivity contribution in [3.63, 3.8) is 0 Å². The fraction of sp³-hybridized carbons (Fsp3) is 0.562. The van der Waals surface area contributed by atoms with E-state index in [-0.39, 0.29) is 23.9 Å². The van der Waals surface area contributed by atoms with E-state index in [1.165, 1.54) is 13.2 Å². The summed E-state index contributed by atoms with van der Waals surface area (Å²) in [5.74, 6) is 0.289. The first-order valence-corrected chi connectivity index (χ1v) is 9.30. The fourth-order valence-electron chi connectivity index (χ4n) is 2.12. The summed E-state index contributed by atoms with van der Waals surface area (Å²) in [7, 11) is -2.21. The number of likely N-dealkylation sites (N-methyl/N-ethyl adjacent to an activating group) is 1. The normalized spacial score (nSPS) is 11.5. The van der Waals surface area contributed by atoms with E-state index in [0.717, 1.165) is 9.87 Å². The molecule has 1 aromatic rings. The molecule has 0 aliphatic carbocycles. The molecule has 0 heterocycles. The molecule has 0 spiro atoms. The van der Waals surface area contributed by atoms with Crippen LogP contribution in [-0.2, 0) is 19.6 Å². The first-order valence-electron chi connectivity index (χ1n) is 7.86. The van der Waals surface area contributed by atoms with Gasteiger partial charge in [-0.1, -0.05) is 6.92 Å². The van der Waals surface area contributed by atoms with Gasteiger partial charge in [-0.2, -0.15) is 4.31 Å². The highest BCUT2D eigenvalue weighted by Crippen LogP contribution is 2.24. The standard InChI is InChI=1S/C16H26N2O5S/c1-5-18(12-16(19)17-9-10-22-4)24(20,21)14-7-8-15(23-6-2)13(3)11-14/h7-8,11H,5-6,9-10,12H2,1-4H3,(H,17,19). The van der Waals surface area contributed by atoms with Crippen LogP contribution in [0.15, 0.2) is 23.1 Å². The van der Waals surface area contributed by atoms with Crippen molar-refractivity contribution >= 4 is 15.9 Å². The molecule has 0 aromatic heterocycles. The Hall–Kier alpha value is -1.64. The SMILES string of the molecule is CCOc1ccc(S(=O)(=O)N(CC)CC(=O)NCCOC)cc1C. The summed E-state index contributed by atoms with van der Waals surface area (Å²) in [6, 6.07) is 4.70. The molecule has 136 valence electrons. The van der Waals surface area contributed by atoms with Crippen molar-refractivity contribution in [1.82, 2.24) is 9.62 Å². The van der Waals surface area contributed by atoms with E-state index in [9.17, 15) is 13.2 Å². The molecule has 0 saturated carbocycles. The van der Waals surface area contributed by atoms with E-state index in [1.807, 2.05) is 6.92 Å². The monoisotopic (exact) mass is 358 g/mol. The average Bonchev–Trinajstić information content (AvgIpc) is 2.54. The number of carbonyl (C=O) groups is 1. The van der Waals surface area contributed by atoms with Crippen LogP contribution < -0.4 is 10.1 Å². The van der Waals surface area contributed by atoms with Gasteiger partial charge in [0.1, 0.15) is 5.75 Å². The van der Waals surface area contributed by atoms with Gasteiger partial charge in [0, 0.05) is 20.2 Å². The summed E-state index contributed by atoms with van der Waals surface area (Å²) in [6.07, 6.45) is 0. The first kappa shape index (κ1) is 20.4. The zero-order chi connectivity index (χ0) is 18.2. The fourth-order valence-corrected chi connectivity index (χ4v) is 3.62. The number of hydrogen-bond acceptors (Lipinski definition) is 5. The maximum Gasteiger partial charge on any atom is 0.243 e. The van der Waals surface area contributed by atoms with E-state index in [1.54, 1.807) is 26.0 Å². The molecule has 0 bridgehead atoms. The lowest BCUT2D eigenvalue weighted by molar-refractivity contribution is -0.121. The van der Waals surface area contributed by atoms with E-state index in [4.69, 9.17) is 9.47 Å². The molecule has 0 radical (unpaired) electrons. The van der Waals surface area contributed by atoms with Crippen molar-refractivity contribution < 1.29 is 22.7 Å². The number of sulfonamides is 1. The van der Waals surface area contributed by atoms with E-state index >= 15 is 0 Å². The molecule has 0 atom stereocenters. The van der Waals surface area contributed by atoms with Gasteiger partial charge >= 0.3 is 0 Å². The molecule has 0 fully saturated rings. The molecule has 1 aromatic carbocycles. The van der Waals surface area contributed by atoms with Crippen LogP contribution in [0.2, 0.25) is 0 Å². The van der Waals surface area contributed by atoms with Crippen LogP contribution in [0, 0.1) is 6.92 Å². The molecule has 7 nitrogen and oxygen atoms in total. The van der Waals surface area contributed by atoms with Gasteiger partial charge in [-0.25, -0.2) is 8.42 Å². The Labute approximate surface area is 144 Å². The number of rotatable bonds is 10. The maximum atomic E-state index is 12.7. The lowest BCUT2D eigenvalue weighted by Gasteiger charge is -2.20. The molecule has 0 aliphatic rings. The number of carbonyl (C=O) groups excluding carboxylic acids is 1. The van der Waals surface area contributed by atoms with Crippen molar-refractivity contribution in [1.29, 1.82) is 0 Å². The third-order valence-electron chi connectivity index (χ3n) is 3.39. The lowest BCUT2D eigenvalue weighted by atomic mass is 10.2. The Morgan fingerprint density at radius 1 is 1.29 bits per heavy atom. The molecule has 24 heavy (non-hydrogen) atoms. The van der Waals surface area contributed by atoms with Crippen LogP contribution in [0.4, 0.5) is 0 Å². The highest BCUT2D eigenvalue weighted by atomic mass is 32.2. The van der Waals surface area contributed by atoms with Gasteiger partial charge in [0.25, 0.3) is 0 Å². The summed E-state index contributed by atoms with van der Waals surface area (Å²) in [6.45, 7) is 6.55. The molecule has 1 amide bonds. The number of methoxy groups -OCH3 is 1. The molecule has 0 unspecified atom stereocenters. The van der Waals surface area contributed by atoms with E-state index in [2.05, 4.69) is 5.32 Å². The molecular formula is C16H26N2O5S. The predicted molar refractivity (Wildman–Crippen MR) is 91.7 cm³/mol. The zero-order valence-corrected chi connectivity index (χ0v) is 15.5. The second-order valence-electron chi connectivity index (χ2n) is 5.13. The van der Waals surface area contributed by atoms with Gasteiger partial charge in [0.15, 0.2) is 0 Å². The molecule has 8 heteroatoms. The van der Waals surface area contributed by atoms with Crippen LogP contribution in [0.25, 0.3) is 0 Å². The molecular weight excluding hydrogens is 332 g/mol. The number of amides is 1. The lowest BCUT2D eigenvalue weighted by Crippen LogP contribution is -2.41. The Balaban J connectivity index is 2.91. The van der Waals surface area contributed by atoms with Gasteiger partial charge in [-0.05, 0) is 37.6 Å². The van der Waals surface area contributed by atoms with Crippen molar-refractivity contribution in [2.75, 3.05) is 40.0 Å². The summed E-state index contributed by atoms with van der Waals surface area (Å²) >= 11 is 0. The maximum absolute atomic E-state index is 12.7. The number of hydrogen-bond donors (Lipinski definition) is 1. The topological polar surface area (TPSA) is 84.9 Å². The van der Waals surface area contributed by atoms with Crippen LogP contribution in [0.1, 0.15) is 19.4 Å². The average molecular weight is 358 g/mol. The van der Waals surface area contributed by atoms with Crippen molar-refractivity contribution in [2.24, 2.45) is 0 Å². The minimum Gasteiger partial charge on any atom is -0.494 e. The summed E-state index contributed by atoms with van der Waals surface area (Å²) in [5.41, 5.74) is 0.735. The number of ether oxygens (including phenoxy) is 2. The quantitative estimate of drug-likeness (QED) is 0.635. The summed E-state index contributed by atoms with van der Waals surface area (Å²) in [4.78, 5) is 12.0. The van der Waals surface area contributed by atoms with Gasteiger partial charge in [-0.3, -0.25) is 4.79 Å². The van der Waals surface area contributed by atoms with Gasteiger partial charge in [-0.15, -0.1) is 0 Å². The summed E-state index contributed by atoms with van der Waals surface area (Å²) < 4.78 is 36.9. The second kappa shape index (κ2) is 9.61. The van der Waals surface area contributed by atoms with Crippen LogP contribution in [-0.4, -0.2) is 58.6 Å². The third kappa shape index (κ3) is 5.47. The number of nitrogens with one attached hydrogen (secondary N) is 1. The molecule has 1 N–H and O–H groups in total. The summed E-state index contributed by atoms with van der Waals surface area (Å²) in [5, 5.41) is 2.62. The predicted octanol–water partition coefficient (Wildman–Crippen LogP) is 1.17. The largest absolute Gasteiger partial charge is 0.494 e. The molecule has 1 rings (SSSR count). The number of nitrogens with zero attached hydrogens (tertiary/aromatic N) is 1. The Morgan fingerprint density at radius 3 is 2.54 bits per heavy atom. The Morgan fingerprint density at radius 2 is 2.00 bits per heavy atom.